The zero-order chi connectivity index (χ0) is 20.7. The highest BCUT2D eigenvalue weighted by Gasteiger charge is 2.13. The lowest BCUT2D eigenvalue weighted by molar-refractivity contribution is -0.114. The molecule has 1 heterocycles. The maximum absolute atomic E-state index is 11.1. The van der Waals surface area contributed by atoms with Crippen LogP contribution < -0.4 is 16.0 Å². The summed E-state index contributed by atoms with van der Waals surface area (Å²) in [6.45, 7) is 8.59. The van der Waals surface area contributed by atoms with E-state index in [1.807, 2.05) is 36.0 Å². The summed E-state index contributed by atoms with van der Waals surface area (Å²) >= 11 is 0. The molecule has 8 heteroatoms. The number of benzene rings is 1. The standard InChI is InChI=1S/C21H32N6O.HI/c1-14(13-20-15(2)26-27(6)16(20)3)24-21(22-5)23-12-11-18-7-9-19(10-8-18)25-17(4)28;/h7-10,14H,11-13H2,1-6H3,(H,25,28)(H2,22,23,24);1H. The molecule has 1 aromatic heterocycles. The van der Waals surface area contributed by atoms with E-state index in [2.05, 4.69) is 46.8 Å². The van der Waals surface area contributed by atoms with Gasteiger partial charge >= 0.3 is 0 Å². The van der Waals surface area contributed by atoms with Crippen molar-refractivity contribution in [2.45, 2.75) is 46.6 Å². The van der Waals surface area contributed by atoms with Gasteiger partial charge in [-0.3, -0.25) is 14.5 Å². The number of nitrogens with zero attached hydrogens (tertiary/aromatic N) is 3. The number of halogens is 1. The number of guanidine groups is 1. The molecule has 3 N–H and O–H groups in total. The van der Waals surface area contributed by atoms with Gasteiger partial charge in [0.15, 0.2) is 5.96 Å². The number of hydrogen-bond acceptors (Lipinski definition) is 3. The molecule has 2 aromatic rings. The topological polar surface area (TPSA) is 83.3 Å². The number of aromatic nitrogens is 2. The second-order valence-electron chi connectivity index (χ2n) is 7.15. The zero-order valence-electron chi connectivity index (χ0n) is 18.2. The summed E-state index contributed by atoms with van der Waals surface area (Å²) in [5, 5.41) is 14.1. The van der Waals surface area contributed by atoms with Crippen molar-refractivity contribution < 1.29 is 4.79 Å². The predicted molar refractivity (Wildman–Crippen MR) is 130 cm³/mol. The molecule has 2 rings (SSSR count). The van der Waals surface area contributed by atoms with E-state index >= 15 is 0 Å². The highest BCUT2D eigenvalue weighted by molar-refractivity contribution is 14.0. The Morgan fingerprint density at radius 2 is 1.90 bits per heavy atom. The number of aliphatic imine (C=N–C) groups is 1. The second kappa shape index (κ2) is 11.8. The van der Waals surface area contributed by atoms with E-state index in [0.29, 0.717) is 0 Å². The van der Waals surface area contributed by atoms with Crippen LogP contribution in [0.5, 0.6) is 0 Å². The lowest BCUT2D eigenvalue weighted by atomic mass is 10.1. The number of amides is 1. The average Bonchev–Trinajstić information content (AvgIpc) is 2.88. The summed E-state index contributed by atoms with van der Waals surface area (Å²) in [7, 11) is 3.76. The average molecular weight is 512 g/mol. The zero-order valence-corrected chi connectivity index (χ0v) is 20.5. The van der Waals surface area contributed by atoms with Crippen molar-refractivity contribution in [2.24, 2.45) is 12.0 Å². The molecular formula is C21H33IN6O. The Morgan fingerprint density at radius 3 is 2.41 bits per heavy atom. The first-order valence-electron chi connectivity index (χ1n) is 9.63. The molecule has 160 valence electrons. The van der Waals surface area contributed by atoms with Crippen LogP contribution in [0.15, 0.2) is 29.3 Å². The van der Waals surface area contributed by atoms with Crippen LogP contribution in [0.4, 0.5) is 5.69 Å². The Morgan fingerprint density at radius 1 is 1.24 bits per heavy atom. The van der Waals surface area contributed by atoms with Gasteiger partial charge in [0.05, 0.1) is 5.69 Å². The van der Waals surface area contributed by atoms with E-state index in [-0.39, 0.29) is 35.9 Å². The number of aryl methyl sites for hydroxylation is 2. The van der Waals surface area contributed by atoms with Crippen molar-refractivity contribution in [1.29, 1.82) is 0 Å². The monoisotopic (exact) mass is 512 g/mol. The van der Waals surface area contributed by atoms with Crippen LogP contribution in [-0.2, 0) is 24.7 Å². The van der Waals surface area contributed by atoms with Gasteiger partial charge in [0.25, 0.3) is 0 Å². The molecule has 0 fully saturated rings. The van der Waals surface area contributed by atoms with E-state index in [9.17, 15) is 4.79 Å². The first-order valence-corrected chi connectivity index (χ1v) is 9.63. The number of carbonyl (C=O) groups is 1. The molecule has 0 saturated heterocycles. The fourth-order valence-electron chi connectivity index (χ4n) is 3.18. The van der Waals surface area contributed by atoms with Gasteiger partial charge in [-0.2, -0.15) is 5.10 Å². The van der Waals surface area contributed by atoms with Gasteiger partial charge in [-0.05, 0) is 56.9 Å². The summed E-state index contributed by atoms with van der Waals surface area (Å²) in [5.41, 5.74) is 5.59. The predicted octanol–water partition coefficient (Wildman–Crippen LogP) is 2.95. The number of rotatable bonds is 7. The van der Waals surface area contributed by atoms with E-state index in [4.69, 9.17) is 0 Å². The molecule has 1 aromatic carbocycles. The first-order chi connectivity index (χ1) is 13.3. The molecule has 0 saturated carbocycles. The summed E-state index contributed by atoms with van der Waals surface area (Å²) in [5.74, 6) is 0.733. The molecule has 29 heavy (non-hydrogen) atoms. The maximum Gasteiger partial charge on any atom is 0.221 e. The highest BCUT2D eigenvalue weighted by Crippen LogP contribution is 2.14. The van der Waals surface area contributed by atoms with Gasteiger partial charge in [-0.1, -0.05) is 12.1 Å². The van der Waals surface area contributed by atoms with E-state index in [1.54, 1.807) is 7.05 Å². The van der Waals surface area contributed by atoms with Gasteiger partial charge in [0, 0.05) is 45.0 Å². The third-order valence-corrected chi connectivity index (χ3v) is 4.76. The van der Waals surface area contributed by atoms with Crippen molar-refractivity contribution in [2.75, 3.05) is 18.9 Å². The quantitative estimate of drug-likeness (QED) is 0.303. The Labute approximate surface area is 190 Å². The molecule has 0 aliphatic rings. The molecule has 0 aliphatic heterocycles. The van der Waals surface area contributed by atoms with Crippen molar-refractivity contribution in [1.82, 2.24) is 20.4 Å². The molecule has 0 aliphatic carbocycles. The number of anilines is 1. The fourth-order valence-corrected chi connectivity index (χ4v) is 3.18. The van der Waals surface area contributed by atoms with Crippen molar-refractivity contribution in [3.05, 3.63) is 46.8 Å². The molecule has 1 atom stereocenters. The van der Waals surface area contributed by atoms with Gasteiger partial charge < -0.3 is 16.0 Å². The fraction of sp³-hybridized carbons (Fsp3) is 0.476. The van der Waals surface area contributed by atoms with Gasteiger partial charge in [-0.25, -0.2) is 0 Å². The van der Waals surface area contributed by atoms with Crippen LogP contribution >= 0.6 is 24.0 Å². The summed E-state index contributed by atoms with van der Waals surface area (Å²) < 4.78 is 1.93. The summed E-state index contributed by atoms with van der Waals surface area (Å²) in [4.78, 5) is 15.4. The Hall–Kier alpha value is -2.10. The minimum atomic E-state index is -0.0601. The molecule has 0 bridgehead atoms. The summed E-state index contributed by atoms with van der Waals surface area (Å²) in [6.07, 6.45) is 1.77. The van der Waals surface area contributed by atoms with E-state index < -0.39 is 0 Å². The summed E-state index contributed by atoms with van der Waals surface area (Å²) in [6, 6.07) is 8.14. The Balaban J connectivity index is 0.00000420. The number of carbonyl (C=O) groups excluding carboxylic acids is 1. The first kappa shape index (κ1) is 24.9. The number of hydrogen-bond donors (Lipinski definition) is 3. The van der Waals surface area contributed by atoms with Crippen molar-refractivity contribution in [3.63, 3.8) is 0 Å². The highest BCUT2D eigenvalue weighted by atomic mass is 127. The van der Waals surface area contributed by atoms with E-state index in [0.717, 1.165) is 36.7 Å². The van der Waals surface area contributed by atoms with Crippen LogP contribution in [0.25, 0.3) is 0 Å². The Bertz CT molecular complexity index is 828. The largest absolute Gasteiger partial charge is 0.356 e. The van der Waals surface area contributed by atoms with Gasteiger partial charge in [0.1, 0.15) is 0 Å². The molecular weight excluding hydrogens is 479 g/mol. The second-order valence-corrected chi connectivity index (χ2v) is 7.15. The normalized spacial score (nSPS) is 12.1. The van der Waals surface area contributed by atoms with Crippen LogP contribution in [0.2, 0.25) is 0 Å². The van der Waals surface area contributed by atoms with Gasteiger partial charge in [0.2, 0.25) is 5.91 Å². The van der Waals surface area contributed by atoms with Gasteiger partial charge in [-0.15, -0.1) is 24.0 Å². The van der Waals surface area contributed by atoms with E-state index in [1.165, 1.54) is 23.7 Å². The lowest BCUT2D eigenvalue weighted by Gasteiger charge is -2.18. The third kappa shape index (κ3) is 7.68. The molecule has 1 unspecified atom stereocenters. The van der Waals surface area contributed by atoms with Crippen LogP contribution in [0.1, 0.15) is 36.4 Å². The molecule has 7 nitrogen and oxygen atoms in total. The van der Waals surface area contributed by atoms with Crippen LogP contribution in [0.3, 0.4) is 0 Å². The minimum absolute atomic E-state index is 0. The lowest BCUT2D eigenvalue weighted by Crippen LogP contribution is -2.43. The molecule has 0 radical (unpaired) electrons. The van der Waals surface area contributed by atoms with Crippen molar-refractivity contribution in [3.8, 4) is 0 Å². The van der Waals surface area contributed by atoms with Crippen LogP contribution in [-0.4, -0.2) is 41.3 Å². The SMILES string of the molecule is CN=C(NCCc1ccc(NC(C)=O)cc1)NC(C)Cc1c(C)nn(C)c1C.I. The smallest absolute Gasteiger partial charge is 0.221 e. The van der Waals surface area contributed by atoms with Crippen molar-refractivity contribution >= 4 is 41.5 Å². The molecule has 1 amide bonds. The third-order valence-electron chi connectivity index (χ3n) is 4.76. The number of nitrogens with one attached hydrogen (secondary N) is 3. The van der Waals surface area contributed by atoms with Crippen LogP contribution in [0, 0.1) is 13.8 Å². The minimum Gasteiger partial charge on any atom is -0.356 e. The Kier molecular flexibility index (Phi) is 10.1. The molecule has 0 spiro atoms. The maximum atomic E-state index is 11.1.